The van der Waals surface area contributed by atoms with E-state index in [0.717, 1.165) is 5.56 Å². The number of carbonyl (C=O) groups is 4. The van der Waals surface area contributed by atoms with E-state index in [9.17, 15) is 19.2 Å². The summed E-state index contributed by atoms with van der Waals surface area (Å²) in [5.41, 5.74) is 5.75. The molecule has 0 spiro atoms. The van der Waals surface area contributed by atoms with Crippen LogP contribution in [0.4, 0.5) is 10.5 Å². The minimum atomic E-state index is -1.40. The number of amides is 1. The first-order valence-electron chi connectivity index (χ1n) is 16.6. The average molecular weight is 662 g/mol. The van der Waals surface area contributed by atoms with Crippen molar-refractivity contribution in [2.75, 3.05) is 19.4 Å². The fourth-order valence-electron chi connectivity index (χ4n) is 7.30. The van der Waals surface area contributed by atoms with Crippen LogP contribution in [0.5, 0.6) is 0 Å². The molecule has 4 rings (SSSR count). The number of cyclic esters (lactones) is 1. The third-order valence-corrected chi connectivity index (χ3v) is 10.6. The number of anilines is 1. The van der Waals surface area contributed by atoms with Crippen LogP contribution in [0.3, 0.4) is 0 Å². The number of benzene rings is 1. The molecule has 2 N–H and O–H groups in total. The molecule has 2 aliphatic rings. The van der Waals surface area contributed by atoms with Gasteiger partial charge in [-0.05, 0) is 51.6 Å². The lowest BCUT2D eigenvalue weighted by Gasteiger charge is -2.43. The van der Waals surface area contributed by atoms with Crippen LogP contribution in [0.2, 0.25) is 5.82 Å². The Morgan fingerprint density at radius 2 is 1.75 bits per heavy atom. The highest BCUT2D eigenvalue weighted by molar-refractivity contribution is 6.15. The first-order valence-corrected chi connectivity index (χ1v) is 16.6. The highest BCUT2D eigenvalue weighted by Crippen LogP contribution is 2.43. The SMILES string of the molecule is B[C@@H]1[C@@H](C)C(=O)[C@@H](C)C(=O)O[C@H](CC)[C@@]2(C)OC(=O)N(CC#CCn3cc(-c4cccc(N)c4)nn3)[C@@H]2[C@@H](C)C(=O)[C@H](C)C[C@@]1(C)OC. The number of aromatic nitrogens is 3. The number of hydrogen-bond donors (Lipinski definition) is 1. The molecule has 1 aromatic heterocycles. The van der Waals surface area contributed by atoms with Crippen molar-refractivity contribution in [2.45, 2.75) is 97.0 Å². The molecule has 2 aliphatic heterocycles. The Hall–Kier alpha value is -4.18. The number of nitrogens with two attached hydrogens (primary N) is 1. The van der Waals surface area contributed by atoms with Crippen molar-refractivity contribution < 1.29 is 33.4 Å². The minimum Gasteiger partial charge on any atom is -0.458 e. The van der Waals surface area contributed by atoms with Crippen molar-refractivity contribution in [3.05, 3.63) is 30.5 Å². The van der Waals surface area contributed by atoms with Crippen LogP contribution in [0.25, 0.3) is 11.3 Å². The van der Waals surface area contributed by atoms with Gasteiger partial charge in [0.05, 0.1) is 24.4 Å². The summed E-state index contributed by atoms with van der Waals surface area (Å²) in [5, 5.41) is 8.35. The third-order valence-electron chi connectivity index (χ3n) is 10.6. The van der Waals surface area contributed by atoms with Crippen LogP contribution in [0, 0.1) is 35.5 Å². The number of rotatable bonds is 5. The number of nitrogen functional groups attached to an aromatic ring is 1. The molecule has 2 fully saturated rings. The predicted octanol–water partition coefficient (Wildman–Crippen LogP) is 3.35. The fraction of sp³-hybridized carbons (Fsp3) is 0.600. The van der Waals surface area contributed by atoms with E-state index in [0.29, 0.717) is 17.8 Å². The van der Waals surface area contributed by atoms with E-state index in [1.54, 1.807) is 51.7 Å². The second kappa shape index (κ2) is 14.5. The van der Waals surface area contributed by atoms with Crippen LogP contribution in [0.1, 0.15) is 61.3 Å². The number of esters is 1. The highest BCUT2D eigenvalue weighted by Gasteiger charge is 2.60. The largest absolute Gasteiger partial charge is 0.458 e. The van der Waals surface area contributed by atoms with Gasteiger partial charge in [-0.2, -0.15) is 0 Å². The summed E-state index contributed by atoms with van der Waals surface area (Å²) < 4.78 is 19.5. The molecule has 9 atom stereocenters. The second-order valence-corrected chi connectivity index (χ2v) is 13.8. The highest BCUT2D eigenvalue weighted by atomic mass is 16.6. The maximum Gasteiger partial charge on any atom is 0.411 e. The fourth-order valence-corrected chi connectivity index (χ4v) is 7.30. The van der Waals surface area contributed by atoms with Gasteiger partial charge in [-0.3, -0.25) is 19.3 Å². The molecule has 0 saturated carbocycles. The van der Waals surface area contributed by atoms with E-state index in [2.05, 4.69) is 22.2 Å². The molecule has 12 nitrogen and oxygen atoms in total. The normalized spacial score (nSPS) is 33.2. The van der Waals surface area contributed by atoms with Gasteiger partial charge in [-0.1, -0.05) is 56.9 Å². The Bertz CT molecular complexity index is 1600. The van der Waals surface area contributed by atoms with Crippen molar-refractivity contribution in [1.82, 2.24) is 19.9 Å². The van der Waals surface area contributed by atoms with Gasteiger partial charge in [-0.15, -0.1) is 5.10 Å². The zero-order chi connectivity index (χ0) is 35.6. The van der Waals surface area contributed by atoms with Crippen LogP contribution < -0.4 is 5.73 Å². The molecule has 0 radical (unpaired) electrons. The summed E-state index contributed by atoms with van der Waals surface area (Å²) in [6.07, 6.45) is 0.804. The van der Waals surface area contributed by atoms with Crippen molar-refractivity contribution >= 4 is 37.2 Å². The molecule has 3 heterocycles. The van der Waals surface area contributed by atoms with Gasteiger partial charge >= 0.3 is 12.1 Å². The van der Waals surface area contributed by atoms with Crippen LogP contribution in [-0.2, 0) is 35.1 Å². The summed E-state index contributed by atoms with van der Waals surface area (Å²) in [7, 11) is 3.48. The van der Waals surface area contributed by atoms with E-state index in [-0.39, 0.29) is 36.9 Å². The van der Waals surface area contributed by atoms with Crippen molar-refractivity contribution in [1.29, 1.82) is 0 Å². The molecule has 13 heteroatoms. The quantitative estimate of drug-likeness (QED) is 0.166. The zero-order valence-electron chi connectivity index (χ0n) is 29.5. The molecule has 258 valence electrons. The topological polar surface area (TPSA) is 156 Å². The van der Waals surface area contributed by atoms with E-state index >= 15 is 0 Å². The average Bonchev–Trinajstić information content (AvgIpc) is 3.64. The summed E-state index contributed by atoms with van der Waals surface area (Å²) in [5.74, 6) is 1.92. The Kier molecular flexibility index (Phi) is 11.1. The molecule has 0 bridgehead atoms. The van der Waals surface area contributed by atoms with Crippen LogP contribution in [0.15, 0.2) is 30.5 Å². The van der Waals surface area contributed by atoms with Crippen molar-refractivity contribution in [2.24, 2.45) is 23.7 Å². The van der Waals surface area contributed by atoms with E-state index in [1.165, 1.54) is 4.90 Å². The van der Waals surface area contributed by atoms with Gasteiger partial charge in [0, 0.05) is 36.1 Å². The van der Waals surface area contributed by atoms with Gasteiger partial charge in [0.2, 0.25) is 0 Å². The molecule has 48 heavy (non-hydrogen) atoms. The van der Waals surface area contributed by atoms with Crippen molar-refractivity contribution in [3.8, 4) is 23.1 Å². The zero-order valence-corrected chi connectivity index (χ0v) is 29.5. The Morgan fingerprint density at radius 1 is 1.06 bits per heavy atom. The third kappa shape index (κ3) is 7.14. The Balaban J connectivity index is 1.65. The molecule has 2 saturated heterocycles. The molecule has 1 amide bonds. The van der Waals surface area contributed by atoms with Crippen LogP contribution in [-0.4, -0.2) is 88.4 Å². The summed E-state index contributed by atoms with van der Waals surface area (Å²) in [4.78, 5) is 56.2. The number of carbonyl (C=O) groups excluding carboxylic acids is 4. The lowest BCUT2D eigenvalue weighted by molar-refractivity contribution is -0.171. The maximum atomic E-state index is 14.2. The van der Waals surface area contributed by atoms with E-state index in [4.69, 9.17) is 19.9 Å². The van der Waals surface area contributed by atoms with E-state index < -0.39 is 59.1 Å². The number of hydrogen-bond acceptors (Lipinski definition) is 10. The molecule has 1 aromatic carbocycles. The van der Waals surface area contributed by atoms with Gasteiger partial charge < -0.3 is 19.9 Å². The number of nitrogens with zero attached hydrogens (tertiary/aromatic N) is 4. The standard InChI is InChI=1S/C35H48BN5O7/c1-9-27-35(7)31(22(4)28(42)20(2)18-34(6,46-8)30(36)21(3)29(43)23(5)32(44)47-27)41(33(45)48-35)16-11-10-15-40-19-26(38-39-40)24-13-12-14-25(37)17-24/h12-14,17,19-23,27,30-31H,9,15-16,18,36-37H2,1-8H3/t20-,21+,22+,23-,27-,30-,31-,34-,35-/m1/s1. The van der Waals surface area contributed by atoms with E-state index in [1.807, 2.05) is 46.8 Å². The predicted molar refractivity (Wildman–Crippen MR) is 182 cm³/mol. The molecule has 2 aromatic rings. The van der Waals surface area contributed by atoms with Gasteiger partial charge in [0.25, 0.3) is 0 Å². The summed E-state index contributed by atoms with van der Waals surface area (Å²) in [6.45, 7) is 12.5. The monoisotopic (exact) mass is 661 g/mol. The van der Waals surface area contributed by atoms with Crippen LogP contribution >= 0.6 is 0 Å². The van der Waals surface area contributed by atoms with Gasteiger partial charge in [0.15, 0.2) is 5.60 Å². The summed E-state index contributed by atoms with van der Waals surface area (Å²) >= 11 is 0. The molecule has 0 aliphatic carbocycles. The lowest BCUT2D eigenvalue weighted by atomic mass is 9.62. The number of ketones is 2. The number of methoxy groups -OCH3 is 1. The summed E-state index contributed by atoms with van der Waals surface area (Å²) in [6, 6.07) is 6.51. The molecule has 0 unspecified atom stereocenters. The lowest BCUT2D eigenvalue weighted by Crippen LogP contribution is -2.58. The second-order valence-electron chi connectivity index (χ2n) is 13.8. The Labute approximate surface area is 283 Å². The first kappa shape index (κ1) is 36.7. The molecular formula is C35H48BN5O7. The van der Waals surface area contributed by atoms with Crippen molar-refractivity contribution in [3.63, 3.8) is 0 Å². The first-order chi connectivity index (χ1) is 22.6. The molecular weight excluding hydrogens is 613 g/mol. The Morgan fingerprint density at radius 3 is 2.40 bits per heavy atom. The maximum absolute atomic E-state index is 14.2. The minimum absolute atomic E-state index is 0.0362. The smallest absolute Gasteiger partial charge is 0.411 e. The number of fused-ring (bicyclic) bond motifs is 1. The number of Topliss-reactive ketones (excluding diaryl/α,β-unsaturated/α-hetero) is 2. The number of ether oxygens (including phenoxy) is 3. The van der Waals surface area contributed by atoms with Gasteiger partial charge in [-0.25, -0.2) is 9.48 Å². The van der Waals surface area contributed by atoms with Gasteiger partial charge in [0.1, 0.15) is 43.7 Å².